The Kier molecular flexibility index (Phi) is 3.46. The standard InChI is InChI=1S/C13H10BrFIN3/c14-8-4-3-7(5-9(8)15)13-18-11(6-1-2-6)10(16)12(17)19-13/h3-6H,1-2H2,(H2,17,18,19). The Morgan fingerprint density at radius 1 is 1.32 bits per heavy atom. The maximum absolute atomic E-state index is 13.6. The number of nitrogens with two attached hydrogens (primary N) is 1. The van der Waals surface area contributed by atoms with Gasteiger partial charge < -0.3 is 5.73 Å². The van der Waals surface area contributed by atoms with Crippen LogP contribution < -0.4 is 5.73 Å². The third kappa shape index (κ3) is 2.60. The minimum Gasteiger partial charge on any atom is -0.383 e. The van der Waals surface area contributed by atoms with Gasteiger partial charge in [0.2, 0.25) is 0 Å². The van der Waals surface area contributed by atoms with Crippen LogP contribution in [0.1, 0.15) is 24.5 Å². The molecule has 98 valence electrons. The fourth-order valence-corrected chi connectivity index (χ4v) is 2.80. The van der Waals surface area contributed by atoms with E-state index >= 15 is 0 Å². The molecular formula is C13H10BrFIN3. The Morgan fingerprint density at radius 3 is 2.68 bits per heavy atom. The van der Waals surface area contributed by atoms with E-state index in [9.17, 15) is 4.39 Å². The van der Waals surface area contributed by atoms with Crippen LogP contribution in [0, 0.1) is 9.39 Å². The molecule has 1 heterocycles. The van der Waals surface area contributed by atoms with Gasteiger partial charge in [0.15, 0.2) is 5.82 Å². The second-order valence-electron chi connectivity index (χ2n) is 4.53. The minimum atomic E-state index is -0.328. The molecule has 3 nitrogen and oxygen atoms in total. The van der Waals surface area contributed by atoms with Gasteiger partial charge in [0.1, 0.15) is 11.6 Å². The molecule has 1 aromatic heterocycles. The minimum absolute atomic E-state index is 0.328. The van der Waals surface area contributed by atoms with Crippen LogP contribution in [-0.4, -0.2) is 9.97 Å². The lowest BCUT2D eigenvalue weighted by atomic mass is 10.2. The number of hydrogen-bond acceptors (Lipinski definition) is 3. The van der Waals surface area contributed by atoms with Gasteiger partial charge in [0, 0.05) is 11.5 Å². The molecule has 1 aliphatic rings. The molecule has 0 unspecified atom stereocenters. The largest absolute Gasteiger partial charge is 0.383 e. The molecule has 2 N–H and O–H groups in total. The molecule has 19 heavy (non-hydrogen) atoms. The van der Waals surface area contributed by atoms with Crippen LogP contribution in [0.15, 0.2) is 22.7 Å². The van der Waals surface area contributed by atoms with Crippen molar-refractivity contribution in [2.75, 3.05) is 5.73 Å². The summed E-state index contributed by atoms with van der Waals surface area (Å²) >= 11 is 5.31. The van der Waals surface area contributed by atoms with Crippen LogP contribution in [0.3, 0.4) is 0 Å². The van der Waals surface area contributed by atoms with Crippen molar-refractivity contribution >= 4 is 44.3 Å². The van der Waals surface area contributed by atoms with Crippen LogP contribution >= 0.6 is 38.5 Å². The molecular weight excluding hydrogens is 424 g/mol. The van der Waals surface area contributed by atoms with Crippen molar-refractivity contribution in [2.45, 2.75) is 18.8 Å². The fourth-order valence-electron chi connectivity index (χ4n) is 1.87. The zero-order valence-corrected chi connectivity index (χ0v) is 13.6. The third-order valence-electron chi connectivity index (χ3n) is 3.04. The van der Waals surface area contributed by atoms with Crippen molar-refractivity contribution in [2.24, 2.45) is 0 Å². The summed E-state index contributed by atoms with van der Waals surface area (Å²) in [7, 11) is 0. The summed E-state index contributed by atoms with van der Waals surface area (Å²) in [6.07, 6.45) is 2.28. The van der Waals surface area contributed by atoms with Crippen molar-refractivity contribution in [1.29, 1.82) is 0 Å². The van der Waals surface area contributed by atoms with Crippen LogP contribution in [0.5, 0.6) is 0 Å². The number of nitrogen functional groups attached to an aromatic ring is 1. The highest BCUT2D eigenvalue weighted by atomic mass is 127. The lowest BCUT2D eigenvalue weighted by Gasteiger charge is -2.08. The van der Waals surface area contributed by atoms with Crippen LogP contribution in [0.2, 0.25) is 0 Å². The lowest BCUT2D eigenvalue weighted by molar-refractivity contribution is 0.621. The van der Waals surface area contributed by atoms with E-state index in [2.05, 4.69) is 48.5 Å². The van der Waals surface area contributed by atoms with Crippen molar-refractivity contribution < 1.29 is 4.39 Å². The number of aromatic nitrogens is 2. The molecule has 0 radical (unpaired) electrons. The summed E-state index contributed by atoms with van der Waals surface area (Å²) in [5.74, 6) is 1.12. The summed E-state index contributed by atoms with van der Waals surface area (Å²) in [6, 6.07) is 4.85. The van der Waals surface area contributed by atoms with Crippen LogP contribution in [-0.2, 0) is 0 Å². The maximum Gasteiger partial charge on any atom is 0.161 e. The summed E-state index contributed by atoms with van der Waals surface area (Å²) in [5.41, 5.74) is 7.57. The topological polar surface area (TPSA) is 51.8 Å². The van der Waals surface area contributed by atoms with Gasteiger partial charge >= 0.3 is 0 Å². The van der Waals surface area contributed by atoms with Gasteiger partial charge in [-0.05, 0) is 69.6 Å². The smallest absolute Gasteiger partial charge is 0.161 e. The van der Waals surface area contributed by atoms with Gasteiger partial charge in [-0.2, -0.15) is 0 Å². The molecule has 1 fully saturated rings. The van der Waals surface area contributed by atoms with Crippen molar-refractivity contribution in [3.8, 4) is 11.4 Å². The monoisotopic (exact) mass is 433 g/mol. The van der Waals surface area contributed by atoms with Gasteiger partial charge in [-0.3, -0.25) is 0 Å². The first-order valence-electron chi connectivity index (χ1n) is 5.84. The highest BCUT2D eigenvalue weighted by Crippen LogP contribution is 2.42. The number of halogens is 3. The third-order valence-corrected chi connectivity index (χ3v) is 4.79. The van der Waals surface area contributed by atoms with Gasteiger partial charge in [-0.1, -0.05) is 0 Å². The molecule has 0 aliphatic heterocycles. The number of anilines is 1. The second-order valence-corrected chi connectivity index (χ2v) is 6.47. The molecule has 1 saturated carbocycles. The molecule has 1 aliphatic carbocycles. The van der Waals surface area contributed by atoms with E-state index in [1.165, 1.54) is 6.07 Å². The second kappa shape index (κ2) is 4.97. The molecule has 0 bridgehead atoms. The van der Waals surface area contributed by atoms with E-state index in [1.807, 2.05) is 0 Å². The first-order valence-corrected chi connectivity index (χ1v) is 7.72. The first-order chi connectivity index (χ1) is 9.06. The van der Waals surface area contributed by atoms with E-state index in [0.717, 1.165) is 22.1 Å². The van der Waals surface area contributed by atoms with E-state index in [1.54, 1.807) is 12.1 Å². The number of nitrogens with zero attached hydrogens (tertiary/aromatic N) is 2. The summed E-state index contributed by atoms with van der Waals surface area (Å²) in [5, 5.41) is 0. The molecule has 0 amide bonds. The van der Waals surface area contributed by atoms with Gasteiger partial charge in [0.25, 0.3) is 0 Å². The van der Waals surface area contributed by atoms with Crippen molar-refractivity contribution in [3.05, 3.63) is 37.8 Å². The SMILES string of the molecule is Nc1nc(-c2ccc(Br)c(F)c2)nc(C2CC2)c1I. The van der Waals surface area contributed by atoms with Gasteiger partial charge in [-0.15, -0.1) is 0 Å². The normalized spacial score (nSPS) is 14.7. The molecule has 6 heteroatoms. The molecule has 1 aromatic carbocycles. The lowest BCUT2D eigenvalue weighted by Crippen LogP contribution is -2.04. The summed E-state index contributed by atoms with van der Waals surface area (Å²) in [6.45, 7) is 0. The maximum atomic E-state index is 13.6. The van der Waals surface area contributed by atoms with E-state index in [0.29, 0.717) is 27.6 Å². The van der Waals surface area contributed by atoms with Crippen molar-refractivity contribution in [1.82, 2.24) is 9.97 Å². The Labute approximate surface area is 132 Å². The van der Waals surface area contributed by atoms with Crippen molar-refractivity contribution in [3.63, 3.8) is 0 Å². The highest BCUT2D eigenvalue weighted by Gasteiger charge is 2.29. The Morgan fingerprint density at radius 2 is 2.05 bits per heavy atom. The Bertz CT molecular complexity index is 659. The Hall–Kier alpha value is -0.760. The zero-order valence-electron chi connectivity index (χ0n) is 9.83. The Balaban J connectivity index is 2.11. The van der Waals surface area contributed by atoms with Crippen LogP contribution in [0.25, 0.3) is 11.4 Å². The summed E-state index contributed by atoms with van der Waals surface area (Å²) < 4.78 is 14.9. The average molecular weight is 434 g/mol. The van der Waals surface area contributed by atoms with E-state index in [4.69, 9.17) is 5.73 Å². The number of hydrogen-bond donors (Lipinski definition) is 1. The van der Waals surface area contributed by atoms with Gasteiger partial charge in [0.05, 0.1) is 13.7 Å². The van der Waals surface area contributed by atoms with Crippen LogP contribution in [0.4, 0.5) is 10.2 Å². The highest BCUT2D eigenvalue weighted by molar-refractivity contribution is 14.1. The molecule has 2 aromatic rings. The number of rotatable bonds is 2. The van der Waals surface area contributed by atoms with Gasteiger partial charge in [-0.25, -0.2) is 14.4 Å². The summed E-state index contributed by atoms with van der Waals surface area (Å²) in [4.78, 5) is 8.82. The molecule has 3 rings (SSSR count). The quantitative estimate of drug-likeness (QED) is 0.725. The molecule has 0 atom stereocenters. The van der Waals surface area contributed by atoms with E-state index in [-0.39, 0.29) is 5.82 Å². The zero-order chi connectivity index (χ0) is 13.6. The average Bonchev–Trinajstić information content (AvgIpc) is 3.20. The first kappa shape index (κ1) is 13.2. The number of benzene rings is 1. The fraction of sp³-hybridized carbons (Fsp3) is 0.231. The predicted molar refractivity (Wildman–Crippen MR) is 84.2 cm³/mol. The van der Waals surface area contributed by atoms with E-state index < -0.39 is 0 Å². The molecule has 0 spiro atoms. The predicted octanol–water partition coefficient (Wildman–Crippen LogP) is 4.11. The molecule has 0 saturated heterocycles.